The average molecular weight is 170 g/mol. The fraction of sp³-hybridized carbons (Fsp3) is 0.625. The molecule has 4 heteroatoms. The topological polar surface area (TPSA) is 38.1 Å². The molecule has 0 radical (unpaired) electrons. The molecule has 66 valence electrons. The Hall–Kier alpha value is -1.06. The second-order valence-electron chi connectivity index (χ2n) is 3.18. The SMILES string of the molecule is Cc1cc(NC2CCC2F)on1. The van der Waals surface area contributed by atoms with Crippen LogP contribution in [0.3, 0.4) is 0 Å². The average Bonchev–Trinajstić information content (AvgIpc) is 2.44. The van der Waals surface area contributed by atoms with Crippen molar-refractivity contribution >= 4 is 5.88 Å². The molecule has 1 N–H and O–H groups in total. The van der Waals surface area contributed by atoms with Crippen LogP contribution in [0.15, 0.2) is 10.6 Å². The zero-order chi connectivity index (χ0) is 8.55. The highest BCUT2D eigenvalue weighted by Gasteiger charge is 2.31. The van der Waals surface area contributed by atoms with E-state index in [9.17, 15) is 4.39 Å². The highest BCUT2D eigenvalue weighted by Crippen LogP contribution is 2.26. The highest BCUT2D eigenvalue weighted by atomic mass is 19.1. The zero-order valence-electron chi connectivity index (χ0n) is 6.88. The van der Waals surface area contributed by atoms with Crippen molar-refractivity contribution in [1.29, 1.82) is 0 Å². The molecule has 2 rings (SSSR count). The van der Waals surface area contributed by atoms with Gasteiger partial charge >= 0.3 is 0 Å². The van der Waals surface area contributed by atoms with E-state index in [1.54, 1.807) is 6.07 Å². The summed E-state index contributed by atoms with van der Waals surface area (Å²) in [5.41, 5.74) is 0.812. The van der Waals surface area contributed by atoms with Gasteiger partial charge in [0.2, 0.25) is 5.88 Å². The van der Waals surface area contributed by atoms with Crippen molar-refractivity contribution in [3.8, 4) is 0 Å². The van der Waals surface area contributed by atoms with Gasteiger partial charge in [-0.2, -0.15) is 0 Å². The number of nitrogens with zero attached hydrogens (tertiary/aromatic N) is 1. The Kier molecular flexibility index (Phi) is 1.75. The lowest BCUT2D eigenvalue weighted by molar-refractivity contribution is 0.183. The Morgan fingerprint density at radius 3 is 2.92 bits per heavy atom. The third-order valence-electron chi connectivity index (χ3n) is 2.15. The molecule has 1 fully saturated rings. The summed E-state index contributed by atoms with van der Waals surface area (Å²) in [6, 6.07) is 1.70. The molecular weight excluding hydrogens is 159 g/mol. The molecule has 0 spiro atoms. The van der Waals surface area contributed by atoms with Crippen LogP contribution in [0, 0.1) is 6.92 Å². The molecule has 1 aromatic heterocycles. The molecule has 2 unspecified atom stereocenters. The number of aryl methyl sites for hydroxylation is 1. The van der Waals surface area contributed by atoms with Gasteiger partial charge in [0.15, 0.2) is 0 Å². The molecule has 1 aromatic rings. The predicted octanol–water partition coefficient (Wildman–Crippen LogP) is 1.90. The summed E-state index contributed by atoms with van der Waals surface area (Å²) < 4.78 is 17.6. The van der Waals surface area contributed by atoms with E-state index in [0.717, 1.165) is 12.1 Å². The van der Waals surface area contributed by atoms with Gasteiger partial charge in [-0.15, -0.1) is 0 Å². The van der Waals surface area contributed by atoms with E-state index in [1.165, 1.54) is 0 Å². The van der Waals surface area contributed by atoms with Crippen LogP contribution >= 0.6 is 0 Å². The summed E-state index contributed by atoms with van der Waals surface area (Å²) in [7, 11) is 0. The number of hydrogen-bond acceptors (Lipinski definition) is 3. The van der Waals surface area contributed by atoms with Gasteiger partial charge in [0.05, 0.1) is 11.7 Å². The molecule has 0 bridgehead atoms. The maximum absolute atomic E-state index is 12.7. The molecular formula is C8H11FN2O. The molecule has 0 aliphatic heterocycles. The summed E-state index contributed by atoms with van der Waals surface area (Å²) in [6.07, 6.45) is 0.807. The van der Waals surface area contributed by atoms with Gasteiger partial charge in [0.25, 0.3) is 0 Å². The number of hydrogen-bond donors (Lipinski definition) is 1. The summed E-state index contributed by atoms with van der Waals surface area (Å²) in [5.74, 6) is 0.569. The lowest BCUT2D eigenvalue weighted by Gasteiger charge is -2.30. The Morgan fingerprint density at radius 1 is 1.67 bits per heavy atom. The molecule has 12 heavy (non-hydrogen) atoms. The van der Waals surface area contributed by atoms with Crippen LogP contribution < -0.4 is 5.32 Å². The van der Waals surface area contributed by atoms with Crippen LogP contribution in [0.1, 0.15) is 18.5 Å². The van der Waals surface area contributed by atoms with Crippen molar-refractivity contribution in [3.63, 3.8) is 0 Å². The lowest BCUT2D eigenvalue weighted by atomic mass is 9.91. The molecule has 1 aliphatic carbocycles. The van der Waals surface area contributed by atoms with Crippen molar-refractivity contribution in [1.82, 2.24) is 5.16 Å². The lowest BCUT2D eigenvalue weighted by Crippen LogP contribution is -2.39. The number of halogens is 1. The molecule has 3 nitrogen and oxygen atoms in total. The van der Waals surface area contributed by atoms with Crippen LogP contribution in [0.4, 0.5) is 10.3 Å². The molecule has 1 saturated carbocycles. The van der Waals surface area contributed by atoms with E-state index in [4.69, 9.17) is 4.52 Å². The minimum atomic E-state index is -0.726. The normalized spacial score (nSPS) is 28.2. The van der Waals surface area contributed by atoms with Gasteiger partial charge in [0.1, 0.15) is 6.17 Å². The molecule has 1 heterocycles. The van der Waals surface area contributed by atoms with Gasteiger partial charge in [-0.3, -0.25) is 0 Å². The van der Waals surface area contributed by atoms with Crippen LogP contribution in [-0.2, 0) is 0 Å². The Morgan fingerprint density at radius 2 is 2.50 bits per heavy atom. The number of nitrogens with one attached hydrogen (secondary N) is 1. The van der Waals surface area contributed by atoms with Crippen molar-refractivity contribution in [2.24, 2.45) is 0 Å². The van der Waals surface area contributed by atoms with E-state index in [1.807, 2.05) is 6.92 Å². The second kappa shape index (κ2) is 2.77. The van der Waals surface area contributed by atoms with Gasteiger partial charge in [0, 0.05) is 6.07 Å². The fourth-order valence-corrected chi connectivity index (χ4v) is 1.24. The maximum Gasteiger partial charge on any atom is 0.225 e. The fourth-order valence-electron chi connectivity index (χ4n) is 1.24. The highest BCUT2D eigenvalue weighted by molar-refractivity contribution is 5.33. The van der Waals surface area contributed by atoms with Crippen LogP contribution in [0.5, 0.6) is 0 Å². The van der Waals surface area contributed by atoms with Crippen LogP contribution in [0.25, 0.3) is 0 Å². The number of aromatic nitrogens is 1. The first-order valence-electron chi connectivity index (χ1n) is 4.09. The van der Waals surface area contributed by atoms with Crippen LogP contribution in [0.2, 0.25) is 0 Å². The first kappa shape index (κ1) is 7.58. The summed E-state index contributed by atoms with van der Waals surface area (Å²) in [6.45, 7) is 1.84. The Balaban J connectivity index is 1.95. The first-order chi connectivity index (χ1) is 5.75. The van der Waals surface area contributed by atoms with E-state index < -0.39 is 6.17 Å². The third kappa shape index (κ3) is 1.29. The number of rotatable bonds is 2. The van der Waals surface area contributed by atoms with Crippen LogP contribution in [-0.4, -0.2) is 17.4 Å². The maximum atomic E-state index is 12.7. The van der Waals surface area contributed by atoms with Gasteiger partial charge in [-0.25, -0.2) is 4.39 Å². The molecule has 0 amide bonds. The third-order valence-corrected chi connectivity index (χ3v) is 2.15. The van der Waals surface area contributed by atoms with E-state index in [-0.39, 0.29) is 6.04 Å². The van der Waals surface area contributed by atoms with Gasteiger partial charge < -0.3 is 9.84 Å². The standard InChI is InChI=1S/C8H11FN2O/c1-5-4-8(12-11-5)10-7-3-2-6(7)9/h4,6-7,10H,2-3H2,1H3. The smallest absolute Gasteiger partial charge is 0.225 e. The van der Waals surface area contributed by atoms with Gasteiger partial charge in [-0.1, -0.05) is 5.16 Å². The summed E-state index contributed by atoms with van der Waals surface area (Å²) >= 11 is 0. The molecule has 1 aliphatic rings. The van der Waals surface area contributed by atoms with Crippen molar-refractivity contribution in [3.05, 3.63) is 11.8 Å². The minimum Gasteiger partial charge on any atom is -0.348 e. The number of anilines is 1. The van der Waals surface area contributed by atoms with E-state index in [0.29, 0.717) is 12.3 Å². The van der Waals surface area contributed by atoms with Crippen molar-refractivity contribution in [2.75, 3.05) is 5.32 Å². The minimum absolute atomic E-state index is 0.0719. The van der Waals surface area contributed by atoms with E-state index >= 15 is 0 Å². The summed E-state index contributed by atoms with van der Waals surface area (Å²) in [4.78, 5) is 0. The van der Waals surface area contributed by atoms with E-state index in [2.05, 4.69) is 10.5 Å². The van der Waals surface area contributed by atoms with Gasteiger partial charge in [-0.05, 0) is 19.8 Å². The Bertz CT molecular complexity index is 274. The Labute approximate surface area is 69.9 Å². The molecule has 2 atom stereocenters. The van der Waals surface area contributed by atoms with Crippen molar-refractivity contribution in [2.45, 2.75) is 32.0 Å². The zero-order valence-corrected chi connectivity index (χ0v) is 6.88. The first-order valence-corrected chi connectivity index (χ1v) is 4.09. The monoisotopic (exact) mass is 170 g/mol. The second-order valence-corrected chi connectivity index (χ2v) is 3.18. The quantitative estimate of drug-likeness (QED) is 0.736. The molecule has 0 aromatic carbocycles. The largest absolute Gasteiger partial charge is 0.348 e. The summed E-state index contributed by atoms with van der Waals surface area (Å²) in [5, 5.41) is 6.64. The molecule has 0 saturated heterocycles. The number of alkyl halides is 1. The predicted molar refractivity (Wildman–Crippen MR) is 42.8 cm³/mol. The van der Waals surface area contributed by atoms with Crippen molar-refractivity contribution < 1.29 is 8.91 Å².